The van der Waals surface area contributed by atoms with E-state index in [1.54, 1.807) is 18.7 Å². The second-order valence-corrected chi connectivity index (χ2v) is 4.28. The Hall–Kier alpha value is -1.54. The van der Waals surface area contributed by atoms with E-state index in [-0.39, 0.29) is 0 Å². The van der Waals surface area contributed by atoms with Crippen molar-refractivity contribution >= 4 is 0 Å². The molecule has 0 spiro atoms. The molecule has 2 N–H and O–H groups in total. The number of nitrogens with two attached hydrogens (primary N) is 1. The van der Waals surface area contributed by atoms with E-state index >= 15 is 0 Å². The summed E-state index contributed by atoms with van der Waals surface area (Å²) in [6, 6.07) is 2.07. The highest BCUT2D eigenvalue weighted by Crippen LogP contribution is 2.20. The minimum Gasteiger partial charge on any atom is -0.475 e. The fourth-order valence-corrected chi connectivity index (χ4v) is 1.19. The molecular weight excluding hydrogens is 192 g/mol. The molecule has 5 heteroatoms. The first-order valence-electron chi connectivity index (χ1n) is 4.70. The number of hydrogen-bond donors (Lipinski definition) is 1. The Morgan fingerprint density at radius 1 is 1.60 bits per heavy atom. The van der Waals surface area contributed by atoms with Crippen molar-refractivity contribution in [1.29, 1.82) is 5.26 Å². The number of aryl methyl sites for hydroxylation is 2. The van der Waals surface area contributed by atoms with Gasteiger partial charge in [-0.3, -0.25) is 0 Å². The summed E-state index contributed by atoms with van der Waals surface area (Å²) in [5, 5.41) is 13.0. The lowest BCUT2D eigenvalue weighted by Crippen LogP contribution is -2.39. The van der Waals surface area contributed by atoms with Crippen molar-refractivity contribution in [1.82, 2.24) is 9.78 Å². The lowest BCUT2D eigenvalue weighted by atomic mass is 10.1. The Morgan fingerprint density at radius 3 is 2.67 bits per heavy atom. The molecule has 0 atom stereocenters. The second-order valence-electron chi connectivity index (χ2n) is 4.28. The fraction of sp³-hybridized carbons (Fsp3) is 0.600. The first kappa shape index (κ1) is 11.5. The topological polar surface area (TPSA) is 76.9 Å². The lowest BCUT2D eigenvalue weighted by Gasteiger charge is -2.18. The van der Waals surface area contributed by atoms with Gasteiger partial charge in [-0.1, -0.05) is 0 Å². The molecular formula is C10H16N4O. The van der Waals surface area contributed by atoms with Gasteiger partial charge in [0.15, 0.2) is 0 Å². The van der Waals surface area contributed by atoms with Crippen LogP contribution in [0.15, 0.2) is 0 Å². The summed E-state index contributed by atoms with van der Waals surface area (Å²) in [6.07, 6.45) is 0. The summed E-state index contributed by atoms with van der Waals surface area (Å²) in [5.74, 6) is 0.480. The van der Waals surface area contributed by atoms with Gasteiger partial charge < -0.3 is 10.5 Å². The largest absolute Gasteiger partial charge is 0.475 e. The van der Waals surface area contributed by atoms with Crippen LogP contribution >= 0.6 is 0 Å². The molecule has 0 aliphatic carbocycles. The van der Waals surface area contributed by atoms with Gasteiger partial charge in [-0.05, 0) is 20.8 Å². The molecule has 0 saturated carbocycles. The average Bonchev–Trinajstić information content (AvgIpc) is 2.35. The van der Waals surface area contributed by atoms with E-state index in [4.69, 9.17) is 15.7 Å². The summed E-state index contributed by atoms with van der Waals surface area (Å²) in [7, 11) is 1.74. The minimum atomic E-state index is -0.426. The van der Waals surface area contributed by atoms with Gasteiger partial charge in [0.2, 0.25) is 5.88 Å². The van der Waals surface area contributed by atoms with Crippen LogP contribution in [-0.2, 0) is 7.05 Å². The van der Waals surface area contributed by atoms with Gasteiger partial charge in [0, 0.05) is 12.6 Å². The maximum Gasteiger partial charge on any atom is 0.230 e. The summed E-state index contributed by atoms with van der Waals surface area (Å²) < 4.78 is 7.05. The van der Waals surface area contributed by atoms with Crippen molar-refractivity contribution in [3.8, 4) is 11.9 Å². The highest BCUT2D eigenvalue weighted by molar-refractivity contribution is 5.41. The predicted octanol–water partition coefficient (Wildman–Crippen LogP) is 0.716. The van der Waals surface area contributed by atoms with Crippen LogP contribution in [0.4, 0.5) is 0 Å². The van der Waals surface area contributed by atoms with Crippen molar-refractivity contribution in [2.24, 2.45) is 12.8 Å². The number of nitrogens with zero attached hydrogens (tertiary/aromatic N) is 3. The van der Waals surface area contributed by atoms with E-state index in [9.17, 15) is 0 Å². The molecule has 0 bridgehead atoms. The van der Waals surface area contributed by atoms with Gasteiger partial charge in [0.25, 0.3) is 0 Å². The maximum atomic E-state index is 8.93. The van der Waals surface area contributed by atoms with Crippen LogP contribution < -0.4 is 10.5 Å². The van der Waals surface area contributed by atoms with Gasteiger partial charge in [0.1, 0.15) is 18.2 Å². The highest BCUT2D eigenvalue weighted by atomic mass is 16.5. The second kappa shape index (κ2) is 3.91. The predicted molar refractivity (Wildman–Crippen MR) is 56.4 cm³/mol. The Kier molecular flexibility index (Phi) is 3.01. The molecule has 15 heavy (non-hydrogen) atoms. The molecule has 0 radical (unpaired) electrons. The zero-order valence-electron chi connectivity index (χ0n) is 9.53. The Labute approximate surface area is 89.4 Å². The normalized spacial score (nSPS) is 11.2. The number of ether oxygens (including phenoxy) is 1. The first-order chi connectivity index (χ1) is 6.85. The minimum absolute atomic E-state index is 0.348. The van der Waals surface area contributed by atoms with Crippen LogP contribution in [0.25, 0.3) is 0 Å². The quantitative estimate of drug-likeness (QED) is 0.793. The molecule has 1 aromatic heterocycles. The van der Waals surface area contributed by atoms with Crippen LogP contribution in [0.5, 0.6) is 5.88 Å². The van der Waals surface area contributed by atoms with Crippen molar-refractivity contribution in [2.45, 2.75) is 26.3 Å². The first-order valence-corrected chi connectivity index (χ1v) is 4.70. The molecule has 1 aromatic rings. The third-order valence-corrected chi connectivity index (χ3v) is 1.86. The van der Waals surface area contributed by atoms with Crippen LogP contribution in [0.1, 0.15) is 25.1 Å². The average molecular weight is 208 g/mol. The monoisotopic (exact) mass is 208 g/mol. The summed E-state index contributed by atoms with van der Waals surface area (Å²) in [4.78, 5) is 0. The zero-order valence-corrected chi connectivity index (χ0v) is 9.53. The van der Waals surface area contributed by atoms with Gasteiger partial charge in [-0.25, -0.2) is 4.68 Å². The summed E-state index contributed by atoms with van der Waals surface area (Å²) in [6.45, 7) is 5.85. The van der Waals surface area contributed by atoms with Crippen LogP contribution in [0, 0.1) is 18.3 Å². The van der Waals surface area contributed by atoms with E-state index in [2.05, 4.69) is 11.2 Å². The smallest absolute Gasteiger partial charge is 0.230 e. The SMILES string of the molecule is Cc1nn(C)c(OCC(C)(C)N)c1C#N. The molecule has 1 rings (SSSR count). The van der Waals surface area contributed by atoms with E-state index < -0.39 is 5.54 Å². The van der Waals surface area contributed by atoms with E-state index in [1.165, 1.54) is 0 Å². The molecule has 82 valence electrons. The summed E-state index contributed by atoms with van der Waals surface area (Å²) in [5.41, 5.74) is 6.51. The molecule has 0 aliphatic rings. The van der Waals surface area contributed by atoms with Crippen LogP contribution in [0.2, 0.25) is 0 Å². The van der Waals surface area contributed by atoms with Crippen LogP contribution in [0.3, 0.4) is 0 Å². The number of hydrogen-bond acceptors (Lipinski definition) is 4. The van der Waals surface area contributed by atoms with Gasteiger partial charge in [0.05, 0.1) is 5.69 Å². The van der Waals surface area contributed by atoms with E-state index in [0.29, 0.717) is 23.7 Å². The third-order valence-electron chi connectivity index (χ3n) is 1.86. The number of nitriles is 1. The zero-order chi connectivity index (χ0) is 11.6. The van der Waals surface area contributed by atoms with Gasteiger partial charge >= 0.3 is 0 Å². The third kappa shape index (κ3) is 2.70. The Bertz CT molecular complexity index is 395. The van der Waals surface area contributed by atoms with Crippen molar-refractivity contribution in [3.63, 3.8) is 0 Å². The molecule has 0 fully saturated rings. The summed E-state index contributed by atoms with van der Waals surface area (Å²) >= 11 is 0. The molecule has 5 nitrogen and oxygen atoms in total. The lowest BCUT2D eigenvalue weighted by molar-refractivity contribution is 0.225. The number of aromatic nitrogens is 2. The number of rotatable bonds is 3. The standard InChI is InChI=1S/C10H16N4O/c1-7-8(5-11)9(14(4)13-7)15-6-10(2,3)12/h6,12H2,1-4H3. The van der Waals surface area contributed by atoms with Gasteiger partial charge in [-0.2, -0.15) is 10.4 Å². The Morgan fingerprint density at radius 2 is 2.20 bits per heavy atom. The van der Waals surface area contributed by atoms with Crippen molar-refractivity contribution < 1.29 is 4.74 Å². The highest BCUT2D eigenvalue weighted by Gasteiger charge is 2.18. The van der Waals surface area contributed by atoms with Crippen molar-refractivity contribution in [3.05, 3.63) is 11.3 Å². The molecule has 1 heterocycles. The molecule has 0 amide bonds. The Balaban J connectivity index is 2.91. The molecule has 0 saturated heterocycles. The van der Waals surface area contributed by atoms with E-state index in [1.807, 2.05) is 13.8 Å². The molecule has 0 unspecified atom stereocenters. The molecule has 0 aromatic carbocycles. The van der Waals surface area contributed by atoms with Gasteiger partial charge in [-0.15, -0.1) is 0 Å². The maximum absolute atomic E-state index is 8.93. The fourth-order valence-electron chi connectivity index (χ4n) is 1.19. The van der Waals surface area contributed by atoms with Crippen molar-refractivity contribution in [2.75, 3.05) is 6.61 Å². The van der Waals surface area contributed by atoms with Crippen LogP contribution in [-0.4, -0.2) is 21.9 Å². The van der Waals surface area contributed by atoms with E-state index in [0.717, 1.165) is 0 Å². The molecule has 0 aliphatic heterocycles.